The summed E-state index contributed by atoms with van der Waals surface area (Å²) in [4.78, 5) is 11.7. The number of benzene rings is 1. The maximum Gasteiger partial charge on any atom is 0.237 e. The van der Waals surface area contributed by atoms with Crippen LogP contribution in [0.15, 0.2) is 42.7 Å². The molecule has 0 saturated heterocycles. The van der Waals surface area contributed by atoms with Gasteiger partial charge in [0.2, 0.25) is 5.91 Å². The van der Waals surface area contributed by atoms with Gasteiger partial charge in [-0.1, -0.05) is 37.6 Å². The molecule has 22 heavy (non-hydrogen) atoms. The lowest BCUT2D eigenvalue weighted by Crippen LogP contribution is -2.40. The minimum Gasteiger partial charge on any atom is -0.351 e. The van der Waals surface area contributed by atoms with Crippen LogP contribution in [-0.4, -0.2) is 21.7 Å². The van der Waals surface area contributed by atoms with Crippen LogP contribution in [0.1, 0.15) is 30.9 Å². The lowest BCUT2D eigenvalue weighted by atomic mass is 10.1. The van der Waals surface area contributed by atoms with Gasteiger partial charge >= 0.3 is 0 Å². The lowest BCUT2D eigenvalue weighted by Gasteiger charge is -2.11. The molecule has 1 atom stereocenters. The van der Waals surface area contributed by atoms with Crippen LogP contribution < -0.4 is 11.1 Å². The van der Waals surface area contributed by atoms with E-state index in [0.717, 1.165) is 18.5 Å². The van der Waals surface area contributed by atoms with E-state index in [1.54, 1.807) is 6.20 Å². The number of rotatable bonds is 7. The summed E-state index contributed by atoms with van der Waals surface area (Å²) >= 11 is 0. The molecule has 0 bridgehead atoms. The quantitative estimate of drug-likeness (QED) is 0.820. The third-order valence-corrected chi connectivity index (χ3v) is 3.33. The molecule has 1 amide bonds. The highest BCUT2D eigenvalue weighted by molar-refractivity contribution is 5.85. The van der Waals surface area contributed by atoms with Crippen molar-refractivity contribution in [3.05, 3.63) is 53.9 Å². The van der Waals surface area contributed by atoms with Crippen molar-refractivity contribution in [2.75, 3.05) is 0 Å². The van der Waals surface area contributed by atoms with Crippen LogP contribution in [0, 0.1) is 0 Å². The maximum atomic E-state index is 11.7. The van der Waals surface area contributed by atoms with Crippen molar-refractivity contribution in [3.8, 4) is 0 Å². The van der Waals surface area contributed by atoms with E-state index in [1.807, 2.05) is 36.0 Å². The molecule has 1 aromatic carbocycles. The molecule has 0 spiro atoms. The van der Waals surface area contributed by atoms with Crippen molar-refractivity contribution in [3.63, 3.8) is 0 Å². The fraction of sp³-hybridized carbons (Fsp3) is 0.375. The van der Waals surface area contributed by atoms with Gasteiger partial charge in [-0.05, 0) is 23.6 Å². The van der Waals surface area contributed by atoms with Gasteiger partial charge in [-0.2, -0.15) is 5.10 Å². The van der Waals surface area contributed by atoms with Gasteiger partial charge in [0.25, 0.3) is 0 Å². The van der Waals surface area contributed by atoms with E-state index in [-0.39, 0.29) is 18.3 Å². The Morgan fingerprint density at radius 2 is 2.00 bits per heavy atom. The number of aromatic nitrogens is 2. The zero-order valence-corrected chi connectivity index (χ0v) is 13.6. The molecule has 0 aliphatic rings. The Kier molecular flexibility index (Phi) is 7.63. The molecule has 0 radical (unpaired) electrons. The fourth-order valence-electron chi connectivity index (χ4n) is 2.11. The molecule has 120 valence electrons. The number of hydrogen-bond acceptors (Lipinski definition) is 3. The number of halogens is 1. The number of nitrogens with two attached hydrogens (primary N) is 1. The van der Waals surface area contributed by atoms with Crippen LogP contribution in [0.5, 0.6) is 0 Å². The van der Waals surface area contributed by atoms with Crippen LogP contribution in [0.25, 0.3) is 0 Å². The molecule has 3 N–H and O–H groups in total. The predicted octanol–water partition coefficient (Wildman–Crippen LogP) is 2.10. The van der Waals surface area contributed by atoms with Crippen molar-refractivity contribution >= 4 is 18.3 Å². The Labute approximate surface area is 137 Å². The second kappa shape index (κ2) is 9.23. The Bertz CT molecular complexity index is 554. The van der Waals surface area contributed by atoms with Gasteiger partial charge in [-0.3, -0.25) is 9.48 Å². The monoisotopic (exact) mass is 322 g/mol. The smallest absolute Gasteiger partial charge is 0.237 e. The van der Waals surface area contributed by atoms with Crippen LogP contribution in [0.2, 0.25) is 0 Å². The van der Waals surface area contributed by atoms with Crippen molar-refractivity contribution in [1.29, 1.82) is 0 Å². The molecule has 0 aliphatic heterocycles. The molecule has 2 rings (SSSR count). The minimum absolute atomic E-state index is 0. The van der Waals surface area contributed by atoms with Crippen LogP contribution in [0.3, 0.4) is 0 Å². The Morgan fingerprint density at radius 1 is 1.32 bits per heavy atom. The summed E-state index contributed by atoms with van der Waals surface area (Å²) in [6.07, 6.45) is 5.33. The largest absolute Gasteiger partial charge is 0.351 e. The molecule has 1 aromatic heterocycles. The Hall–Kier alpha value is -1.85. The van der Waals surface area contributed by atoms with Crippen molar-refractivity contribution in [1.82, 2.24) is 15.1 Å². The van der Waals surface area contributed by atoms with Gasteiger partial charge in [-0.25, -0.2) is 0 Å². The fourth-order valence-corrected chi connectivity index (χ4v) is 2.11. The molecule has 6 heteroatoms. The highest BCUT2D eigenvalue weighted by Crippen LogP contribution is 2.06. The number of carbonyl (C=O) groups excluding carboxylic acids is 1. The second-order valence-corrected chi connectivity index (χ2v) is 5.13. The number of nitrogens with one attached hydrogen (secondary N) is 1. The zero-order valence-electron chi connectivity index (χ0n) is 12.7. The molecule has 1 heterocycles. The summed E-state index contributed by atoms with van der Waals surface area (Å²) in [5.74, 6) is -0.0857. The first-order valence-electron chi connectivity index (χ1n) is 7.27. The summed E-state index contributed by atoms with van der Waals surface area (Å²) in [5.41, 5.74) is 8.01. The van der Waals surface area contributed by atoms with Gasteiger partial charge in [0.05, 0.1) is 12.6 Å². The standard InChI is InChI=1S/C16H22N4O.ClH/c1-2-4-15(17)16(21)18-11-13-5-7-14(8-6-13)12-20-10-3-9-19-20;/h3,5-10,15H,2,4,11-12,17H2,1H3,(H,18,21);1H. The summed E-state index contributed by atoms with van der Waals surface area (Å²) < 4.78 is 1.88. The van der Waals surface area contributed by atoms with Gasteiger partial charge in [0.1, 0.15) is 0 Å². The van der Waals surface area contributed by atoms with Gasteiger partial charge in [-0.15, -0.1) is 12.4 Å². The lowest BCUT2D eigenvalue weighted by molar-refractivity contribution is -0.122. The van der Waals surface area contributed by atoms with E-state index in [4.69, 9.17) is 5.73 Å². The first kappa shape index (κ1) is 18.2. The van der Waals surface area contributed by atoms with Gasteiger partial charge in [0.15, 0.2) is 0 Å². The van der Waals surface area contributed by atoms with Gasteiger partial charge < -0.3 is 11.1 Å². The highest BCUT2D eigenvalue weighted by Gasteiger charge is 2.11. The molecular formula is C16H23ClN4O. The third-order valence-electron chi connectivity index (χ3n) is 3.33. The SMILES string of the molecule is CCCC(N)C(=O)NCc1ccc(Cn2cccn2)cc1.Cl. The maximum absolute atomic E-state index is 11.7. The Morgan fingerprint density at radius 3 is 2.59 bits per heavy atom. The predicted molar refractivity (Wildman–Crippen MR) is 89.7 cm³/mol. The minimum atomic E-state index is -0.408. The summed E-state index contributed by atoms with van der Waals surface area (Å²) in [5, 5.41) is 7.04. The first-order valence-corrected chi connectivity index (χ1v) is 7.27. The first-order chi connectivity index (χ1) is 10.2. The molecule has 0 fully saturated rings. The van der Waals surface area contributed by atoms with E-state index >= 15 is 0 Å². The zero-order chi connectivity index (χ0) is 15.1. The van der Waals surface area contributed by atoms with Crippen LogP contribution in [0.4, 0.5) is 0 Å². The average Bonchev–Trinajstić information content (AvgIpc) is 2.99. The summed E-state index contributed by atoms with van der Waals surface area (Å²) in [6, 6.07) is 9.64. The van der Waals surface area contributed by atoms with Gasteiger partial charge in [0, 0.05) is 18.9 Å². The number of nitrogens with zero attached hydrogens (tertiary/aromatic N) is 2. The van der Waals surface area contributed by atoms with Crippen molar-refractivity contribution < 1.29 is 4.79 Å². The summed E-state index contributed by atoms with van der Waals surface area (Å²) in [6.45, 7) is 3.28. The second-order valence-electron chi connectivity index (χ2n) is 5.13. The van der Waals surface area contributed by atoms with E-state index in [9.17, 15) is 4.79 Å². The number of hydrogen-bond donors (Lipinski definition) is 2. The van der Waals surface area contributed by atoms with E-state index < -0.39 is 6.04 Å². The van der Waals surface area contributed by atoms with Crippen molar-refractivity contribution in [2.24, 2.45) is 5.73 Å². The highest BCUT2D eigenvalue weighted by atomic mass is 35.5. The third kappa shape index (κ3) is 5.50. The molecule has 1 unspecified atom stereocenters. The van der Waals surface area contributed by atoms with E-state index in [0.29, 0.717) is 13.0 Å². The molecular weight excluding hydrogens is 300 g/mol. The van der Waals surface area contributed by atoms with Crippen LogP contribution >= 0.6 is 12.4 Å². The summed E-state index contributed by atoms with van der Waals surface area (Å²) in [7, 11) is 0. The molecule has 0 aliphatic carbocycles. The molecule has 5 nitrogen and oxygen atoms in total. The van der Waals surface area contributed by atoms with Crippen molar-refractivity contribution in [2.45, 2.75) is 38.9 Å². The average molecular weight is 323 g/mol. The Balaban J connectivity index is 0.00000242. The number of amides is 1. The normalized spacial score (nSPS) is 11.5. The molecule has 0 saturated carbocycles. The number of carbonyl (C=O) groups is 1. The van der Waals surface area contributed by atoms with E-state index in [1.165, 1.54) is 5.56 Å². The van der Waals surface area contributed by atoms with E-state index in [2.05, 4.69) is 22.5 Å². The molecule has 2 aromatic rings. The topological polar surface area (TPSA) is 72.9 Å². The van der Waals surface area contributed by atoms with Crippen LogP contribution in [-0.2, 0) is 17.9 Å².